The van der Waals surface area contributed by atoms with Gasteiger partial charge in [-0.1, -0.05) is 29.8 Å². The van der Waals surface area contributed by atoms with Crippen LogP contribution in [0.15, 0.2) is 78.6 Å². The zero-order chi connectivity index (χ0) is 22.8. The Kier molecular flexibility index (Phi) is 5.77. The van der Waals surface area contributed by atoms with Gasteiger partial charge in [-0.3, -0.25) is 19.5 Å². The van der Waals surface area contributed by atoms with E-state index in [-0.39, 0.29) is 17.4 Å². The normalized spacial score (nSPS) is 17.8. The SMILES string of the molecule is Cc1ccc(N2C(=O)C(=O)/C(=C(\O)c3cccc(OC(C)C)c3)C2c2ccncc2)cc1. The minimum Gasteiger partial charge on any atom is -0.507 e. The van der Waals surface area contributed by atoms with E-state index in [2.05, 4.69) is 4.98 Å². The zero-order valence-corrected chi connectivity index (χ0v) is 18.1. The molecule has 1 aromatic heterocycles. The van der Waals surface area contributed by atoms with E-state index in [4.69, 9.17) is 4.74 Å². The Morgan fingerprint density at radius 1 is 1.03 bits per heavy atom. The molecule has 2 aromatic carbocycles. The van der Waals surface area contributed by atoms with Crippen molar-refractivity contribution in [3.05, 3.63) is 95.3 Å². The molecule has 0 bridgehead atoms. The quantitative estimate of drug-likeness (QED) is 0.359. The lowest BCUT2D eigenvalue weighted by Crippen LogP contribution is -2.29. The van der Waals surface area contributed by atoms with E-state index in [1.807, 2.05) is 32.9 Å². The number of benzene rings is 2. The van der Waals surface area contributed by atoms with Crippen LogP contribution >= 0.6 is 0 Å². The van der Waals surface area contributed by atoms with Gasteiger partial charge in [0.15, 0.2) is 0 Å². The zero-order valence-electron chi connectivity index (χ0n) is 18.1. The van der Waals surface area contributed by atoms with Crippen LogP contribution in [-0.2, 0) is 9.59 Å². The summed E-state index contributed by atoms with van der Waals surface area (Å²) in [5, 5.41) is 11.2. The number of rotatable bonds is 5. The Bertz CT molecular complexity index is 1180. The van der Waals surface area contributed by atoms with Crippen molar-refractivity contribution in [2.45, 2.75) is 32.9 Å². The van der Waals surface area contributed by atoms with Crippen molar-refractivity contribution in [2.24, 2.45) is 0 Å². The van der Waals surface area contributed by atoms with Crippen molar-refractivity contribution < 1.29 is 19.4 Å². The van der Waals surface area contributed by atoms with Gasteiger partial charge in [-0.2, -0.15) is 0 Å². The van der Waals surface area contributed by atoms with Crippen molar-refractivity contribution in [1.29, 1.82) is 0 Å². The number of hydrogen-bond donors (Lipinski definition) is 1. The summed E-state index contributed by atoms with van der Waals surface area (Å²) >= 11 is 0. The third-order valence-electron chi connectivity index (χ3n) is 5.26. The summed E-state index contributed by atoms with van der Waals surface area (Å²) in [6, 6.07) is 16.9. The second kappa shape index (κ2) is 8.67. The van der Waals surface area contributed by atoms with E-state index in [1.54, 1.807) is 60.9 Å². The smallest absolute Gasteiger partial charge is 0.300 e. The monoisotopic (exact) mass is 428 g/mol. The van der Waals surface area contributed by atoms with Gasteiger partial charge in [0, 0.05) is 23.6 Å². The number of carbonyl (C=O) groups excluding carboxylic acids is 2. The summed E-state index contributed by atoms with van der Waals surface area (Å²) < 4.78 is 5.72. The van der Waals surface area contributed by atoms with Gasteiger partial charge in [0.05, 0.1) is 17.7 Å². The lowest BCUT2D eigenvalue weighted by Gasteiger charge is -2.25. The molecule has 0 spiro atoms. The first kappa shape index (κ1) is 21.3. The summed E-state index contributed by atoms with van der Waals surface area (Å²) in [6.07, 6.45) is 3.15. The highest BCUT2D eigenvalue weighted by Crippen LogP contribution is 2.42. The lowest BCUT2D eigenvalue weighted by molar-refractivity contribution is -0.132. The molecule has 1 fully saturated rings. The van der Waals surface area contributed by atoms with Crippen LogP contribution in [0.3, 0.4) is 0 Å². The van der Waals surface area contributed by atoms with Gasteiger partial charge in [-0.25, -0.2) is 0 Å². The molecule has 3 aromatic rings. The third-order valence-corrected chi connectivity index (χ3v) is 5.26. The first-order valence-electron chi connectivity index (χ1n) is 10.4. The molecule has 6 heteroatoms. The Morgan fingerprint density at radius 2 is 1.72 bits per heavy atom. The van der Waals surface area contributed by atoms with Gasteiger partial charge < -0.3 is 9.84 Å². The molecule has 1 saturated heterocycles. The fraction of sp³-hybridized carbons (Fsp3) is 0.192. The minimum atomic E-state index is -0.782. The second-order valence-electron chi connectivity index (χ2n) is 7.98. The molecule has 1 atom stereocenters. The number of pyridine rings is 1. The number of hydrogen-bond acceptors (Lipinski definition) is 5. The number of carbonyl (C=O) groups is 2. The summed E-state index contributed by atoms with van der Waals surface area (Å²) in [5.41, 5.74) is 2.73. The second-order valence-corrected chi connectivity index (χ2v) is 7.98. The van der Waals surface area contributed by atoms with Gasteiger partial charge in [-0.15, -0.1) is 0 Å². The molecule has 4 rings (SSSR count). The first-order valence-corrected chi connectivity index (χ1v) is 10.4. The van der Waals surface area contributed by atoms with Crippen LogP contribution in [-0.4, -0.2) is 27.9 Å². The van der Waals surface area contributed by atoms with Crippen LogP contribution in [0.1, 0.15) is 36.6 Å². The molecule has 1 amide bonds. The Balaban J connectivity index is 1.89. The topological polar surface area (TPSA) is 79.7 Å². The van der Waals surface area contributed by atoms with Crippen LogP contribution in [0.5, 0.6) is 5.75 Å². The molecule has 0 radical (unpaired) electrons. The minimum absolute atomic E-state index is 0.0310. The van der Waals surface area contributed by atoms with Crippen molar-refractivity contribution in [3.63, 3.8) is 0 Å². The predicted octanol–water partition coefficient (Wildman–Crippen LogP) is 4.80. The Morgan fingerprint density at radius 3 is 2.38 bits per heavy atom. The van der Waals surface area contributed by atoms with Crippen LogP contribution in [0, 0.1) is 6.92 Å². The van der Waals surface area contributed by atoms with E-state index in [0.717, 1.165) is 5.56 Å². The molecule has 162 valence electrons. The van der Waals surface area contributed by atoms with Crippen molar-refractivity contribution in [2.75, 3.05) is 4.90 Å². The average molecular weight is 428 g/mol. The predicted molar refractivity (Wildman–Crippen MR) is 122 cm³/mol. The summed E-state index contributed by atoms with van der Waals surface area (Å²) in [6.45, 7) is 5.76. The number of amides is 1. The molecular formula is C26H24N2O4. The van der Waals surface area contributed by atoms with E-state index >= 15 is 0 Å². The van der Waals surface area contributed by atoms with Crippen molar-refractivity contribution in [1.82, 2.24) is 4.98 Å². The first-order chi connectivity index (χ1) is 15.4. The number of ketones is 1. The number of anilines is 1. The van der Waals surface area contributed by atoms with Crippen molar-refractivity contribution in [3.8, 4) is 5.75 Å². The maximum Gasteiger partial charge on any atom is 0.300 e. The largest absolute Gasteiger partial charge is 0.507 e. The molecule has 0 saturated carbocycles. The number of aromatic nitrogens is 1. The highest BCUT2D eigenvalue weighted by molar-refractivity contribution is 6.51. The molecule has 2 heterocycles. The molecular weight excluding hydrogens is 404 g/mol. The highest BCUT2D eigenvalue weighted by atomic mass is 16.5. The van der Waals surface area contributed by atoms with E-state index in [9.17, 15) is 14.7 Å². The molecule has 6 nitrogen and oxygen atoms in total. The van der Waals surface area contributed by atoms with Crippen LogP contribution in [0.4, 0.5) is 5.69 Å². The summed E-state index contributed by atoms with van der Waals surface area (Å²) in [4.78, 5) is 31.8. The molecule has 1 N–H and O–H groups in total. The highest BCUT2D eigenvalue weighted by Gasteiger charge is 2.46. The summed E-state index contributed by atoms with van der Waals surface area (Å²) in [5.74, 6) is -1.10. The van der Waals surface area contributed by atoms with E-state index < -0.39 is 17.7 Å². The van der Waals surface area contributed by atoms with Crippen molar-refractivity contribution >= 4 is 23.1 Å². The Labute approximate surface area is 186 Å². The molecule has 1 unspecified atom stereocenters. The molecule has 0 aliphatic carbocycles. The maximum atomic E-state index is 13.2. The fourth-order valence-corrected chi connectivity index (χ4v) is 3.81. The number of ether oxygens (including phenoxy) is 1. The van der Waals surface area contributed by atoms with Crippen LogP contribution in [0.2, 0.25) is 0 Å². The van der Waals surface area contributed by atoms with E-state index in [1.165, 1.54) is 4.90 Å². The molecule has 1 aliphatic heterocycles. The number of nitrogens with zero attached hydrogens (tertiary/aromatic N) is 2. The fourth-order valence-electron chi connectivity index (χ4n) is 3.81. The van der Waals surface area contributed by atoms with Gasteiger partial charge in [0.25, 0.3) is 11.7 Å². The molecule has 1 aliphatic rings. The van der Waals surface area contributed by atoms with Crippen LogP contribution in [0.25, 0.3) is 5.76 Å². The standard InChI is InChI=1S/C26H24N2O4/c1-16(2)32-21-6-4-5-19(15-21)24(29)22-23(18-11-13-27-14-12-18)28(26(31)25(22)30)20-9-7-17(3)8-10-20/h4-16,23,29H,1-3H3/b24-22-. The number of aliphatic hydroxyl groups excluding tert-OH is 1. The van der Waals surface area contributed by atoms with E-state index in [0.29, 0.717) is 22.6 Å². The molecule has 32 heavy (non-hydrogen) atoms. The number of aryl methyl sites for hydroxylation is 1. The Hall–Kier alpha value is -3.93. The van der Waals surface area contributed by atoms with Gasteiger partial charge in [0.2, 0.25) is 0 Å². The third kappa shape index (κ3) is 3.99. The van der Waals surface area contributed by atoms with Gasteiger partial charge in [0.1, 0.15) is 11.5 Å². The summed E-state index contributed by atoms with van der Waals surface area (Å²) in [7, 11) is 0. The van der Waals surface area contributed by atoms with Gasteiger partial charge >= 0.3 is 0 Å². The lowest BCUT2D eigenvalue weighted by atomic mass is 9.95. The number of Topliss-reactive ketones (excluding diaryl/α,β-unsaturated/α-hetero) is 1. The number of aliphatic hydroxyl groups is 1. The maximum absolute atomic E-state index is 13.2. The average Bonchev–Trinajstić information content (AvgIpc) is 3.05. The van der Waals surface area contributed by atoms with Gasteiger partial charge in [-0.05, 0) is 62.7 Å². The van der Waals surface area contributed by atoms with Crippen LogP contribution < -0.4 is 9.64 Å².